The highest BCUT2D eigenvalue weighted by atomic mass is 35.5. The zero-order chi connectivity index (χ0) is 15.2. The molecule has 21 heavy (non-hydrogen) atoms. The smallest absolute Gasteiger partial charge is 0.356 e. The lowest BCUT2D eigenvalue weighted by Crippen LogP contribution is -2.07. The average molecular weight is 310 g/mol. The van der Waals surface area contributed by atoms with Crippen molar-refractivity contribution >= 4 is 28.5 Å². The molecule has 1 heterocycles. The number of methoxy groups -OCH3 is 2. The van der Waals surface area contributed by atoms with Crippen molar-refractivity contribution in [1.29, 1.82) is 0 Å². The van der Waals surface area contributed by atoms with E-state index in [4.69, 9.17) is 25.8 Å². The van der Waals surface area contributed by atoms with Crippen LogP contribution in [0.5, 0.6) is 5.75 Å². The Bertz CT molecular complexity index is 645. The second-order valence-electron chi connectivity index (χ2n) is 4.35. The van der Waals surface area contributed by atoms with Crippen LogP contribution in [-0.4, -0.2) is 38.4 Å². The third-order valence-corrected chi connectivity index (χ3v) is 3.11. The van der Waals surface area contributed by atoms with Gasteiger partial charge in [0.2, 0.25) is 0 Å². The van der Waals surface area contributed by atoms with Crippen LogP contribution in [0.2, 0.25) is 5.02 Å². The van der Waals surface area contributed by atoms with Crippen molar-refractivity contribution in [2.75, 3.05) is 27.4 Å². The molecule has 2 rings (SSSR count). The largest absolute Gasteiger partial charge is 0.493 e. The number of hydrogen-bond donors (Lipinski definition) is 0. The number of esters is 1. The Labute approximate surface area is 127 Å². The molecule has 0 amide bonds. The Balaban J connectivity index is 2.37. The summed E-state index contributed by atoms with van der Waals surface area (Å²) in [7, 11) is 2.95. The molecule has 0 unspecified atom stereocenters. The van der Waals surface area contributed by atoms with Crippen LogP contribution in [0.4, 0.5) is 0 Å². The summed E-state index contributed by atoms with van der Waals surface area (Å²) in [5.41, 5.74) is 0.779. The van der Waals surface area contributed by atoms with Crippen molar-refractivity contribution in [1.82, 2.24) is 4.98 Å². The number of pyridine rings is 1. The molecule has 0 radical (unpaired) electrons. The number of aromatic nitrogens is 1. The summed E-state index contributed by atoms with van der Waals surface area (Å²) in [5, 5.41) is 1.34. The van der Waals surface area contributed by atoms with Crippen LogP contribution in [0.25, 0.3) is 10.9 Å². The van der Waals surface area contributed by atoms with E-state index in [1.165, 1.54) is 7.11 Å². The highest BCUT2D eigenvalue weighted by molar-refractivity contribution is 6.31. The van der Waals surface area contributed by atoms with Crippen LogP contribution < -0.4 is 4.74 Å². The van der Waals surface area contributed by atoms with Gasteiger partial charge in [0, 0.05) is 36.6 Å². The highest BCUT2D eigenvalue weighted by Crippen LogP contribution is 2.28. The Morgan fingerprint density at radius 1 is 1.24 bits per heavy atom. The minimum absolute atomic E-state index is 0.189. The Kier molecular flexibility index (Phi) is 5.36. The van der Waals surface area contributed by atoms with E-state index in [0.717, 1.165) is 11.8 Å². The van der Waals surface area contributed by atoms with Crippen molar-refractivity contribution in [2.24, 2.45) is 0 Å². The van der Waals surface area contributed by atoms with E-state index >= 15 is 0 Å². The molecule has 0 aliphatic rings. The number of ether oxygens (including phenoxy) is 3. The van der Waals surface area contributed by atoms with Crippen LogP contribution in [0.3, 0.4) is 0 Å². The predicted molar refractivity (Wildman–Crippen MR) is 80.1 cm³/mol. The molecule has 0 saturated heterocycles. The fourth-order valence-corrected chi connectivity index (χ4v) is 2.05. The molecule has 0 saturated carbocycles. The molecule has 1 aromatic carbocycles. The maximum atomic E-state index is 11.7. The van der Waals surface area contributed by atoms with Crippen molar-refractivity contribution in [3.63, 3.8) is 0 Å². The van der Waals surface area contributed by atoms with Gasteiger partial charge in [-0.2, -0.15) is 0 Å². The summed E-state index contributed by atoms with van der Waals surface area (Å²) < 4.78 is 15.4. The fraction of sp³-hybridized carbons (Fsp3) is 0.333. The van der Waals surface area contributed by atoms with Crippen molar-refractivity contribution < 1.29 is 19.0 Å². The Morgan fingerprint density at radius 3 is 2.76 bits per heavy atom. The average Bonchev–Trinajstić information content (AvgIpc) is 2.49. The van der Waals surface area contributed by atoms with E-state index in [-0.39, 0.29) is 5.69 Å². The number of hydrogen-bond acceptors (Lipinski definition) is 5. The first kappa shape index (κ1) is 15.5. The topological polar surface area (TPSA) is 57.7 Å². The van der Waals surface area contributed by atoms with Gasteiger partial charge in [-0.25, -0.2) is 9.78 Å². The van der Waals surface area contributed by atoms with Gasteiger partial charge in [0.15, 0.2) is 5.69 Å². The SMILES string of the molecule is COCCCOc1cc(C(=O)OC)nc2cc(Cl)ccc12. The third-order valence-electron chi connectivity index (χ3n) is 2.88. The van der Waals surface area contributed by atoms with Gasteiger partial charge in [-0.1, -0.05) is 11.6 Å². The van der Waals surface area contributed by atoms with Gasteiger partial charge in [0.1, 0.15) is 5.75 Å². The van der Waals surface area contributed by atoms with Crippen LogP contribution in [0.15, 0.2) is 24.3 Å². The monoisotopic (exact) mass is 309 g/mol. The molecule has 1 aromatic heterocycles. The molecule has 0 aliphatic carbocycles. The van der Waals surface area contributed by atoms with Crippen LogP contribution >= 0.6 is 11.6 Å². The lowest BCUT2D eigenvalue weighted by Gasteiger charge is -2.11. The molecule has 0 aliphatic heterocycles. The molecule has 5 nitrogen and oxygen atoms in total. The van der Waals surface area contributed by atoms with Crippen molar-refractivity contribution in [2.45, 2.75) is 6.42 Å². The van der Waals surface area contributed by atoms with Gasteiger partial charge in [-0.05, 0) is 18.2 Å². The van der Waals surface area contributed by atoms with Gasteiger partial charge in [0.25, 0.3) is 0 Å². The normalized spacial score (nSPS) is 10.6. The number of rotatable bonds is 6. The summed E-state index contributed by atoms with van der Waals surface area (Å²) in [6.45, 7) is 1.09. The minimum atomic E-state index is -0.515. The Morgan fingerprint density at radius 2 is 2.05 bits per heavy atom. The van der Waals surface area contributed by atoms with Gasteiger partial charge in [0.05, 0.1) is 19.2 Å². The maximum Gasteiger partial charge on any atom is 0.356 e. The number of benzene rings is 1. The summed E-state index contributed by atoms with van der Waals surface area (Å²) in [6, 6.07) is 6.84. The fourth-order valence-electron chi connectivity index (χ4n) is 1.88. The number of halogens is 1. The standard InChI is InChI=1S/C15H16ClNO4/c1-19-6-3-7-21-14-9-13(15(18)20-2)17-12-8-10(16)4-5-11(12)14/h4-5,8-9H,3,6-7H2,1-2H3. The number of carbonyl (C=O) groups excluding carboxylic acids is 1. The quantitative estimate of drug-likeness (QED) is 0.606. The van der Waals surface area contributed by atoms with E-state index < -0.39 is 5.97 Å². The van der Waals surface area contributed by atoms with E-state index in [1.54, 1.807) is 25.3 Å². The molecule has 0 N–H and O–H groups in total. The lowest BCUT2D eigenvalue weighted by atomic mass is 10.2. The van der Waals surface area contributed by atoms with Gasteiger partial charge >= 0.3 is 5.97 Å². The van der Waals surface area contributed by atoms with Crippen LogP contribution in [0.1, 0.15) is 16.9 Å². The minimum Gasteiger partial charge on any atom is -0.493 e. The number of carbonyl (C=O) groups is 1. The molecular formula is C15H16ClNO4. The predicted octanol–water partition coefficient (Wildman–Crippen LogP) is 3.09. The van der Waals surface area contributed by atoms with E-state index in [2.05, 4.69) is 4.98 Å². The Hall–Kier alpha value is -1.85. The van der Waals surface area contributed by atoms with Crippen molar-refractivity contribution in [3.05, 3.63) is 35.0 Å². The first-order valence-electron chi connectivity index (χ1n) is 6.46. The van der Waals surface area contributed by atoms with Gasteiger partial charge in [-0.15, -0.1) is 0 Å². The summed E-state index contributed by atoms with van der Waals surface area (Å²) >= 11 is 5.97. The first-order valence-corrected chi connectivity index (χ1v) is 6.84. The van der Waals surface area contributed by atoms with Gasteiger partial charge in [-0.3, -0.25) is 0 Å². The second-order valence-corrected chi connectivity index (χ2v) is 4.79. The molecule has 0 spiro atoms. The molecule has 112 valence electrons. The third kappa shape index (κ3) is 3.83. The highest BCUT2D eigenvalue weighted by Gasteiger charge is 2.13. The van der Waals surface area contributed by atoms with Crippen LogP contribution in [-0.2, 0) is 9.47 Å². The van der Waals surface area contributed by atoms with Gasteiger partial charge < -0.3 is 14.2 Å². The van der Waals surface area contributed by atoms with E-state index in [0.29, 0.717) is 29.5 Å². The summed E-state index contributed by atoms with van der Waals surface area (Å²) in [4.78, 5) is 15.9. The maximum absolute atomic E-state index is 11.7. The summed E-state index contributed by atoms with van der Waals surface area (Å²) in [5.74, 6) is 0.0618. The molecule has 6 heteroatoms. The molecule has 0 fully saturated rings. The molecule has 0 atom stereocenters. The second kappa shape index (κ2) is 7.24. The van der Waals surface area contributed by atoms with E-state index in [9.17, 15) is 4.79 Å². The molecule has 2 aromatic rings. The van der Waals surface area contributed by atoms with Crippen molar-refractivity contribution in [3.8, 4) is 5.75 Å². The number of nitrogens with zero attached hydrogens (tertiary/aromatic N) is 1. The zero-order valence-corrected chi connectivity index (χ0v) is 12.6. The number of fused-ring (bicyclic) bond motifs is 1. The molecule has 0 bridgehead atoms. The first-order chi connectivity index (χ1) is 10.2. The van der Waals surface area contributed by atoms with E-state index in [1.807, 2.05) is 6.07 Å². The van der Waals surface area contributed by atoms with Crippen LogP contribution in [0, 0.1) is 0 Å². The zero-order valence-electron chi connectivity index (χ0n) is 11.9. The lowest BCUT2D eigenvalue weighted by molar-refractivity contribution is 0.0594. The summed E-state index contributed by atoms with van der Waals surface area (Å²) in [6.07, 6.45) is 0.751. The molecular weight excluding hydrogens is 294 g/mol.